The van der Waals surface area contributed by atoms with E-state index in [2.05, 4.69) is 28.5 Å². The van der Waals surface area contributed by atoms with Crippen molar-refractivity contribution in [2.75, 3.05) is 0 Å². The van der Waals surface area contributed by atoms with Gasteiger partial charge >= 0.3 is 0 Å². The number of benzene rings is 2. The monoisotopic (exact) mass is 501 g/mol. The van der Waals surface area contributed by atoms with Gasteiger partial charge in [-0.3, -0.25) is 9.69 Å². The third-order valence-electron chi connectivity index (χ3n) is 4.11. The average molecular weight is 502 g/mol. The van der Waals surface area contributed by atoms with E-state index in [1.807, 2.05) is 55.5 Å². The fourth-order valence-corrected chi connectivity index (χ4v) is 5.71. The predicted molar refractivity (Wildman–Crippen MR) is 114 cm³/mol. The van der Waals surface area contributed by atoms with Gasteiger partial charge in [0.2, 0.25) is 5.91 Å². The molecular formula is C19H14Cl2INOS. The van der Waals surface area contributed by atoms with Crippen LogP contribution in [0.1, 0.15) is 18.1 Å². The second-order valence-corrected chi connectivity index (χ2v) is 9.21. The molecular weight excluding hydrogens is 488 g/mol. The van der Waals surface area contributed by atoms with Crippen molar-refractivity contribution in [2.45, 2.75) is 21.1 Å². The number of nitrogens with zero attached hydrogens (tertiary/aromatic N) is 1. The fraction of sp³-hybridized carbons (Fsp3) is 0.211. The van der Waals surface area contributed by atoms with Crippen molar-refractivity contribution in [3.63, 3.8) is 0 Å². The molecule has 0 saturated carbocycles. The van der Waals surface area contributed by atoms with Crippen LogP contribution in [0.4, 0.5) is 0 Å². The summed E-state index contributed by atoms with van der Waals surface area (Å²) in [7, 11) is 0. The normalized spacial score (nSPS) is 20.4. The topological polar surface area (TPSA) is 20.3 Å². The summed E-state index contributed by atoms with van der Waals surface area (Å²) in [6, 6.07) is 15.1. The molecule has 3 rings (SSSR count). The van der Waals surface area contributed by atoms with Crippen molar-refractivity contribution in [3.05, 3.63) is 69.7 Å². The molecule has 0 aromatic heterocycles. The first-order valence-corrected chi connectivity index (χ1v) is 10.4. The molecule has 2 aromatic rings. The fourth-order valence-electron chi connectivity index (χ4n) is 2.99. The van der Waals surface area contributed by atoms with Crippen LogP contribution < -0.4 is 0 Å². The zero-order valence-corrected chi connectivity index (χ0v) is 17.7. The maximum Gasteiger partial charge on any atom is 0.238 e. The molecule has 2 atom stereocenters. The van der Waals surface area contributed by atoms with Crippen LogP contribution in [0.2, 0.25) is 10.0 Å². The number of amides is 1. The van der Waals surface area contributed by atoms with E-state index in [9.17, 15) is 4.79 Å². The summed E-state index contributed by atoms with van der Waals surface area (Å²) in [5.74, 6) is 2.72. The van der Waals surface area contributed by atoms with Gasteiger partial charge < -0.3 is 0 Å². The Morgan fingerprint density at radius 1 is 1.12 bits per heavy atom. The third-order valence-corrected chi connectivity index (χ3v) is 7.09. The van der Waals surface area contributed by atoms with Crippen molar-refractivity contribution >= 4 is 63.5 Å². The van der Waals surface area contributed by atoms with Gasteiger partial charge in [0.05, 0.1) is 5.25 Å². The Balaban J connectivity index is 2.28. The standard InChI is InChI=1S/C19H14Cl2INOS/c1-3-17(22)23-18(24)12(2)25-19(23,13-4-8-15(20)9-5-13)14-6-10-16(21)11-7-14/h1,4-12,17H,2H3. The van der Waals surface area contributed by atoms with Crippen LogP contribution in [-0.2, 0) is 9.67 Å². The minimum Gasteiger partial charge on any atom is -0.296 e. The molecule has 0 aliphatic carbocycles. The molecule has 128 valence electrons. The lowest BCUT2D eigenvalue weighted by molar-refractivity contribution is -0.131. The van der Waals surface area contributed by atoms with Gasteiger partial charge in [0, 0.05) is 10.0 Å². The van der Waals surface area contributed by atoms with E-state index in [1.165, 1.54) is 0 Å². The van der Waals surface area contributed by atoms with Crippen LogP contribution in [0, 0.1) is 12.3 Å². The van der Waals surface area contributed by atoms with Crippen LogP contribution in [0.3, 0.4) is 0 Å². The van der Waals surface area contributed by atoms with Gasteiger partial charge in [-0.25, -0.2) is 0 Å². The van der Waals surface area contributed by atoms with E-state index in [1.54, 1.807) is 16.7 Å². The Morgan fingerprint density at radius 2 is 1.56 bits per heavy atom. The maximum atomic E-state index is 13.0. The smallest absolute Gasteiger partial charge is 0.238 e. The number of thioether (sulfide) groups is 1. The number of terminal acetylenes is 1. The van der Waals surface area contributed by atoms with Crippen LogP contribution in [0.5, 0.6) is 0 Å². The number of carbonyl (C=O) groups excluding carboxylic acids is 1. The molecule has 1 aliphatic heterocycles. The number of alkyl halides is 1. The first kappa shape index (κ1) is 18.9. The summed E-state index contributed by atoms with van der Waals surface area (Å²) in [5, 5.41) is 1.08. The molecule has 0 N–H and O–H groups in total. The van der Waals surface area contributed by atoms with Gasteiger partial charge in [0.25, 0.3) is 0 Å². The van der Waals surface area contributed by atoms with Crippen molar-refractivity contribution in [1.29, 1.82) is 0 Å². The van der Waals surface area contributed by atoms with Crippen molar-refractivity contribution < 1.29 is 4.79 Å². The highest BCUT2D eigenvalue weighted by Gasteiger charge is 2.54. The molecule has 1 fully saturated rings. The quantitative estimate of drug-likeness (QED) is 0.238. The molecule has 1 saturated heterocycles. The lowest BCUT2D eigenvalue weighted by atomic mass is 9.95. The Bertz CT molecular complexity index is 786. The summed E-state index contributed by atoms with van der Waals surface area (Å²) in [5.41, 5.74) is 1.91. The van der Waals surface area contributed by atoms with E-state index < -0.39 is 4.87 Å². The first-order valence-electron chi connectivity index (χ1n) is 7.53. The SMILES string of the molecule is C#CC(I)N1C(=O)C(C)SC1(c1ccc(Cl)cc1)c1ccc(Cl)cc1. The lowest BCUT2D eigenvalue weighted by Crippen LogP contribution is -2.46. The summed E-state index contributed by atoms with van der Waals surface area (Å²) in [6.45, 7) is 1.91. The van der Waals surface area contributed by atoms with E-state index >= 15 is 0 Å². The number of halogens is 3. The molecule has 0 radical (unpaired) electrons. The van der Waals surface area contributed by atoms with Gasteiger partial charge in [-0.05, 0) is 64.9 Å². The van der Waals surface area contributed by atoms with Gasteiger partial charge in [-0.15, -0.1) is 18.2 Å². The number of rotatable bonds is 3. The van der Waals surface area contributed by atoms with Crippen molar-refractivity contribution in [1.82, 2.24) is 4.90 Å². The highest BCUT2D eigenvalue weighted by molar-refractivity contribution is 14.1. The van der Waals surface area contributed by atoms with Gasteiger partial charge in [0.1, 0.15) is 8.92 Å². The molecule has 25 heavy (non-hydrogen) atoms. The Hall–Kier alpha value is -0.870. The maximum absolute atomic E-state index is 13.0. The summed E-state index contributed by atoms with van der Waals surface area (Å²) >= 11 is 15.9. The predicted octanol–water partition coefficient (Wildman–Crippen LogP) is 5.55. The second kappa shape index (κ2) is 7.40. The highest BCUT2D eigenvalue weighted by Crippen LogP contribution is 2.54. The minimum atomic E-state index is -0.718. The van der Waals surface area contributed by atoms with Gasteiger partial charge in [-0.1, -0.05) is 53.4 Å². The van der Waals surface area contributed by atoms with Gasteiger partial charge in [-0.2, -0.15) is 0 Å². The zero-order valence-electron chi connectivity index (χ0n) is 13.2. The van der Waals surface area contributed by atoms with E-state index in [-0.39, 0.29) is 15.2 Å². The molecule has 1 aliphatic rings. The molecule has 2 nitrogen and oxygen atoms in total. The highest BCUT2D eigenvalue weighted by atomic mass is 127. The van der Waals surface area contributed by atoms with Crippen LogP contribution in [-0.4, -0.2) is 20.1 Å². The molecule has 0 bridgehead atoms. The molecule has 2 unspecified atom stereocenters. The van der Waals surface area contributed by atoms with Gasteiger partial charge in [0.15, 0.2) is 0 Å². The third kappa shape index (κ3) is 3.28. The van der Waals surface area contributed by atoms with Crippen molar-refractivity contribution in [3.8, 4) is 12.3 Å². The molecule has 1 amide bonds. The van der Waals surface area contributed by atoms with E-state index in [0.29, 0.717) is 10.0 Å². The molecule has 1 heterocycles. The lowest BCUT2D eigenvalue weighted by Gasteiger charge is -2.39. The zero-order chi connectivity index (χ0) is 18.2. The summed E-state index contributed by atoms with van der Waals surface area (Å²) in [6.07, 6.45) is 5.68. The largest absolute Gasteiger partial charge is 0.296 e. The molecule has 6 heteroatoms. The summed E-state index contributed by atoms with van der Waals surface area (Å²) in [4.78, 5) is 14.0. The number of hydrogen-bond acceptors (Lipinski definition) is 2. The number of carbonyl (C=O) groups is 1. The second-order valence-electron chi connectivity index (χ2n) is 5.63. The Morgan fingerprint density at radius 3 is 1.96 bits per heavy atom. The van der Waals surface area contributed by atoms with E-state index in [0.717, 1.165) is 11.1 Å². The number of hydrogen-bond donors (Lipinski definition) is 0. The van der Waals surface area contributed by atoms with Crippen molar-refractivity contribution in [2.24, 2.45) is 0 Å². The minimum absolute atomic E-state index is 0.0206. The molecule has 2 aromatic carbocycles. The summed E-state index contributed by atoms with van der Waals surface area (Å²) < 4.78 is -0.381. The Kier molecular flexibility index (Phi) is 5.60. The first-order chi connectivity index (χ1) is 11.9. The molecule has 0 spiro atoms. The average Bonchev–Trinajstić information content (AvgIpc) is 2.88. The van der Waals surface area contributed by atoms with Crippen LogP contribution in [0.15, 0.2) is 48.5 Å². The van der Waals surface area contributed by atoms with E-state index in [4.69, 9.17) is 29.6 Å². The van der Waals surface area contributed by atoms with Crippen LogP contribution in [0.25, 0.3) is 0 Å². The Labute approximate surface area is 175 Å². The van der Waals surface area contributed by atoms with Crippen LogP contribution >= 0.6 is 57.6 Å².